The van der Waals surface area contributed by atoms with E-state index in [4.69, 9.17) is 9.47 Å². The number of ether oxygens (including phenoxy) is 2. The van der Waals surface area contributed by atoms with Gasteiger partial charge in [-0.05, 0) is 50.3 Å². The van der Waals surface area contributed by atoms with Crippen LogP contribution in [0.5, 0.6) is 0 Å². The summed E-state index contributed by atoms with van der Waals surface area (Å²) in [5, 5.41) is 6.54. The zero-order chi connectivity index (χ0) is 17.7. The van der Waals surface area contributed by atoms with Gasteiger partial charge in [0.1, 0.15) is 5.82 Å². The third-order valence-corrected chi connectivity index (χ3v) is 4.01. The van der Waals surface area contributed by atoms with Crippen LogP contribution >= 0.6 is 0 Å². The van der Waals surface area contributed by atoms with E-state index in [2.05, 4.69) is 15.6 Å². The predicted octanol–water partition coefficient (Wildman–Crippen LogP) is 2.51. The summed E-state index contributed by atoms with van der Waals surface area (Å²) in [4.78, 5) is 4.55. The maximum Gasteiger partial charge on any atom is 0.191 e. The molecule has 1 heterocycles. The number of guanidine groups is 1. The second kappa shape index (κ2) is 11.8. The number of nitrogens with one attached hydrogen (secondary N) is 2. The van der Waals surface area contributed by atoms with Crippen molar-refractivity contribution in [1.29, 1.82) is 0 Å². The molecule has 1 aromatic rings. The number of aliphatic imine (C=N–C) groups is 1. The lowest BCUT2D eigenvalue weighted by Crippen LogP contribution is -2.38. The topological polar surface area (TPSA) is 54.9 Å². The minimum Gasteiger partial charge on any atom is -0.379 e. The molecule has 1 unspecified atom stereocenters. The predicted molar refractivity (Wildman–Crippen MR) is 98.5 cm³/mol. The highest BCUT2D eigenvalue weighted by molar-refractivity contribution is 5.79. The number of hydrogen-bond acceptors (Lipinski definition) is 3. The van der Waals surface area contributed by atoms with E-state index in [1.807, 2.05) is 19.1 Å². The molecule has 1 aliphatic heterocycles. The number of hydrogen-bond donors (Lipinski definition) is 2. The van der Waals surface area contributed by atoms with Crippen LogP contribution in [0.2, 0.25) is 0 Å². The smallest absolute Gasteiger partial charge is 0.191 e. The second-order valence-corrected chi connectivity index (χ2v) is 6.13. The Hall–Kier alpha value is -1.66. The molecule has 1 saturated heterocycles. The van der Waals surface area contributed by atoms with E-state index in [1.54, 1.807) is 0 Å². The minimum absolute atomic E-state index is 0.201. The standard InChI is InChI=1S/C19H30FN3O2/c1-2-21-19(23-12-10-16-6-8-17(20)9-7-16)22-11-4-13-24-15-18-5-3-14-25-18/h6-9,18H,2-5,10-15H2,1H3,(H2,21,22,23). The molecule has 6 heteroatoms. The zero-order valence-corrected chi connectivity index (χ0v) is 15.1. The van der Waals surface area contributed by atoms with Crippen LogP contribution in [0.15, 0.2) is 29.3 Å². The molecule has 1 atom stereocenters. The molecule has 0 radical (unpaired) electrons. The number of nitrogens with zero attached hydrogens (tertiary/aromatic N) is 1. The van der Waals surface area contributed by atoms with Gasteiger partial charge in [0.25, 0.3) is 0 Å². The van der Waals surface area contributed by atoms with Crippen molar-refractivity contribution in [2.75, 3.05) is 39.5 Å². The molecule has 25 heavy (non-hydrogen) atoms. The van der Waals surface area contributed by atoms with Gasteiger partial charge < -0.3 is 20.1 Å². The van der Waals surface area contributed by atoms with Gasteiger partial charge in [0.05, 0.1) is 12.7 Å². The van der Waals surface area contributed by atoms with Crippen LogP contribution in [-0.2, 0) is 15.9 Å². The van der Waals surface area contributed by atoms with Crippen molar-refractivity contribution in [3.05, 3.63) is 35.6 Å². The minimum atomic E-state index is -0.201. The number of halogens is 1. The molecule has 0 saturated carbocycles. The molecule has 0 aliphatic carbocycles. The van der Waals surface area contributed by atoms with Gasteiger partial charge in [-0.3, -0.25) is 4.99 Å². The first-order valence-corrected chi connectivity index (χ1v) is 9.24. The Labute approximate surface area is 150 Å². The first kappa shape index (κ1) is 19.7. The second-order valence-electron chi connectivity index (χ2n) is 6.13. The van der Waals surface area contributed by atoms with E-state index in [1.165, 1.54) is 12.1 Å². The summed E-state index contributed by atoms with van der Waals surface area (Å²) in [6.45, 7) is 6.61. The summed E-state index contributed by atoms with van der Waals surface area (Å²) in [6, 6.07) is 6.61. The summed E-state index contributed by atoms with van der Waals surface area (Å²) in [7, 11) is 0. The Morgan fingerprint density at radius 2 is 2.16 bits per heavy atom. The summed E-state index contributed by atoms with van der Waals surface area (Å²) < 4.78 is 24.1. The Bertz CT molecular complexity index is 502. The van der Waals surface area contributed by atoms with Gasteiger partial charge in [-0.15, -0.1) is 0 Å². The average Bonchev–Trinajstić information content (AvgIpc) is 3.13. The number of rotatable bonds is 10. The summed E-state index contributed by atoms with van der Waals surface area (Å²) in [5.41, 5.74) is 1.10. The highest BCUT2D eigenvalue weighted by Crippen LogP contribution is 2.11. The Morgan fingerprint density at radius 3 is 2.88 bits per heavy atom. The van der Waals surface area contributed by atoms with E-state index in [0.717, 1.165) is 63.4 Å². The highest BCUT2D eigenvalue weighted by Gasteiger charge is 2.14. The number of benzene rings is 1. The van der Waals surface area contributed by atoms with Crippen LogP contribution in [0.1, 0.15) is 31.7 Å². The largest absolute Gasteiger partial charge is 0.379 e. The van der Waals surface area contributed by atoms with Crippen LogP contribution in [-0.4, -0.2) is 51.5 Å². The third-order valence-electron chi connectivity index (χ3n) is 4.01. The molecule has 140 valence electrons. The van der Waals surface area contributed by atoms with E-state index in [-0.39, 0.29) is 11.9 Å². The van der Waals surface area contributed by atoms with Crippen molar-refractivity contribution in [2.45, 2.75) is 38.7 Å². The maximum absolute atomic E-state index is 12.9. The van der Waals surface area contributed by atoms with E-state index >= 15 is 0 Å². The van der Waals surface area contributed by atoms with Crippen LogP contribution < -0.4 is 10.6 Å². The molecule has 1 aliphatic rings. The third kappa shape index (κ3) is 8.31. The molecule has 0 aromatic heterocycles. The first-order valence-electron chi connectivity index (χ1n) is 9.24. The Kier molecular flexibility index (Phi) is 9.29. The molecule has 5 nitrogen and oxygen atoms in total. The molecular weight excluding hydrogens is 321 g/mol. The van der Waals surface area contributed by atoms with Crippen molar-refractivity contribution in [2.24, 2.45) is 4.99 Å². The fraction of sp³-hybridized carbons (Fsp3) is 0.632. The van der Waals surface area contributed by atoms with Crippen molar-refractivity contribution in [3.8, 4) is 0 Å². The van der Waals surface area contributed by atoms with Crippen LogP contribution in [0, 0.1) is 5.82 Å². The van der Waals surface area contributed by atoms with Crippen LogP contribution in [0.25, 0.3) is 0 Å². The molecule has 0 bridgehead atoms. The summed E-state index contributed by atoms with van der Waals surface area (Å²) >= 11 is 0. The molecule has 2 N–H and O–H groups in total. The van der Waals surface area contributed by atoms with Gasteiger partial charge in [-0.1, -0.05) is 12.1 Å². The summed E-state index contributed by atoms with van der Waals surface area (Å²) in [6.07, 6.45) is 4.26. The fourth-order valence-electron chi connectivity index (χ4n) is 2.67. The van der Waals surface area contributed by atoms with Gasteiger partial charge in [0, 0.05) is 32.8 Å². The van der Waals surface area contributed by atoms with Gasteiger partial charge in [-0.25, -0.2) is 4.39 Å². The zero-order valence-electron chi connectivity index (χ0n) is 15.1. The fourth-order valence-corrected chi connectivity index (χ4v) is 2.67. The molecular formula is C19H30FN3O2. The maximum atomic E-state index is 12.9. The van der Waals surface area contributed by atoms with Crippen molar-refractivity contribution >= 4 is 5.96 Å². The molecule has 1 fully saturated rings. The van der Waals surface area contributed by atoms with E-state index in [9.17, 15) is 4.39 Å². The SMILES string of the molecule is CCNC(=NCCCOCC1CCCO1)NCCc1ccc(F)cc1. The molecule has 1 aromatic carbocycles. The average molecular weight is 351 g/mol. The van der Waals surface area contributed by atoms with Gasteiger partial charge in [-0.2, -0.15) is 0 Å². The molecule has 2 rings (SSSR count). The quantitative estimate of drug-likeness (QED) is 0.386. The molecule has 0 amide bonds. The van der Waals surface area contributed by atoms with Gasteiger partial charge in [0.15, 0.2) is 5.96 Å². The van der Waals surface area contributed by atoms with Crippen molar-refractivity contribution in [3.63, 3.8) is 0 Å². The van der Waals surface area contributed by atoms with E-state index in [0.29, 0.717) is 13.2 Å². The normalized spacial score (nSPS) is 17.7. The Morgan fingerprint density at radius 1 is 1.32 bits per heavy atom. The highest BCUT2D eigenvalue weighted by atomic mass is 19.1. The van der Waals surface area contributed by atoms with Crippen LogP contribution in [0.4, 0.5) is 4.39 Å². The van der Waals surface area contributed by atoms with Crippen LogP contribution in [0.3, 0.4) is 0 Å². The lowest BCUT2D eigenvalue weighted by molar-refractivity contribution is 0.0171. The van der Waals surface area contributed by atoms with Gasteiger partial charge >= 0.3 is 0 Å². The van der Waals surface area contributed by atoms with E-state index < -0.39 is 0 Å². The molecule has 0 spiro atoms. The lowest BCUT2D eigenvalue weighted by Gasteiger charge is -2.12. The monoisotopic (exact) mass is 351 g/mol. The van der Waals surface area contributed by atoms with Crippen molar-refractivity contribution in [1.82, 2.24) is 10.6 Å². The van der Waals surface area contributed by atoms with Gasteiger partial charge in [0.2, 0.25) is 0 Å². The van der Waals surface area contributed by atoms with Crippen molar-refractivity contribution < 1.29 is 13.9 Å². The Balaban J connectivity index is 1.59. The lowest BCUT2D eigenvalue weighted by atomic mass is 10.1. The first-order chi connectivity index (χ1) is 12.3. The summed E-state index contributed by atoms with van der Waals surface area (Å²) in [5.74, 6) is 0.608.